The van der Waals surface area contributed by atoms with Crippen LogP contribution in [-0.4, -0.2) is 16.3 Å². The highest BCUT2D eigenvalue weighted by atomic mass is 32.5. The summed E-state index contributed by atoms with van der Waals surface area (Å²) in [6.07, 6.45) is -0.384. The molecule has 0 saturated heterocycles. The van der Waals surface area contributed by atoms with E-state index >= 15 is 0 Å². The van der Waals surface area contributed by atoms with Gasteiger partial charge in [-0.2, -0.15) is 0 Å². The fourth-order valence-corrected chi connectivity index (χ4v) is 2.11. The van der Waals surface area contributed by atoms with E-state index in [0.29, 0.717) is 12.8 Å². The quantitative estimate of drug-likeness (QED) is 0.567. The number of carbonyl (C=O) groups is 1. The summed E-state index contributed by atoms with van der Waals surface area (Å²) in [5.74, 6) is -2.50. The third-order valence-corrected chi connectivity index (χ3v) is 3.40. The Labute approximate surface area is 84.2 Å². The first-order valence-corrected chi connectivity index (χ1v) is 6.35. The van der Waals surface area contributed by atoms with Crippen molar-refractivity contribution in [3.8, 4) is 0 Å². The fourth-order valence-electron chi connectivity index (χ4n) is 1.12. The third kappa shape index (κ3) is 5.19. The molecule has 0 amide bonds. The lowest BCUT2D eigenvalue weighted by Gasteiger charge is -2.44. The average Bonchev–Trinajstić information content (AvgIpc) is 1.91. The molecule has 15 heavy (non-hydrogen) atoms. The number of hydrogen-bond acceptors (Lipinski definition) is 1. The van der Waals surface area contributed by atoms with Gasteiger partial charge in [-0.15, -0.1) is 0 Å². The van der Waals surface area contributed by atoms with Gasteiger partial charge < -0.3 is 5.11 Å². The highest BCUT2D eigenvalue weighted by molar-refractivity contribution is 8.46. The molecule has 0 rings (SSSR count). The van der Waals surface area contributed by atoms with Gasteiger partial charge in [0.05, 0.1) is 0 Å². The van der Waals surface area contributed by atoms with Gasteiger partial charge in [-0.25, -0.2) is 0 Å². The molecular weight excluding hydrogens is 243 g/mol. The van der Waals surface area contributed by atoms with Crippen LogP contribution in [0.25, 0.3) is 0 Å². The van der Waals surface area contributed by atoms with Crippen LogP contribution in [0, 0.1) is 0 Å². The molecule has 0 aromatic heterocycles. The summed E-state index contributed by atoms with van der Waals surface area (Å²) < 4.78 is 60.9. The smallest absolute Gasteiger partial charge is 0.326 e. The molecule has 0 radical (unpaired) electrons. The minimum Gasteiger partial charge on any atom is -0.480 e. The van der Waals surface area contributed by atoms with E-state index in [0.717, 1.165) is 0 Å². The first kappa shape index (κ1) is 14.5. The van der Waals surface area contributed by atoms with Crippen LogP contribution in [0.4, 0.5) is 19.4 Å². The van der Waals surface area contributed by atoms with E-state index < -0.39 is 27.9 Å². The second-order valence-corrected chi connectivity index (χ2v) is 5.98. The third-order valence-electron chi connectivity index (χ3n) is 1.88. The number of aliphatic carboxylic acids is 1. The lowest BCUT2D eigenvalue weighted by atomic mass is 10.1. The average molecular weight is 256 g/mol. The normalized spacial score (nSPS) is 19.1. The van der Waals surface area contributed by atoms with Gasteiger partial charge in [-0.05, 0) is 6.42 Å². The minimum absolute atomic E-state index is 0.168. The van der Waals surface area contributed by atoms with Crippen LogP contribution >= 0.6 is 10.2 Å². The van der Waals surface area contributed by atoms with Crippen molar-refractivity contribution >= 4 is 16.2 Å². The molecule has 1 unspecified atom stereocenters. The highest BCUT2D eigenvalue weighted by Crippen LogP contribution is 3.00. The summed E-state index contributed by atoms with van der Waals surface area (Å²) in [4.78, 5) is 10.2. The summed E-state index contributed by atoms with van der Waals surface area (Å²) >= 11 is 0. The molecule has 0 aliphatic carbocycles. The molecule has 0 fully saturated rings. The molecule has 0 spiro atoms. The SMILES string of the molecule is CCCCCC(C(=O)O)S(F)(F)(F)(F)F. The van der Waals surface area contributed by atoms with Gasteiger partial charge in [-0.3, -0.25) is 4.79 Å². The van der Waals surface area contributed by atoms with Crippen molar-refractivity contribution in [2.75, 3.05) is 0 Å². The zero-order chi connectivity index (χ0) is 12.4. The molecule has 0 aromatic rings. The minimum atomic E-state index is -9.90. The van der Waals surface area contributed by atoms with E-state index in [4.69, 9.17) is 5.11 Å². The Morgan fingerprint density at radius 3 is 1.93 bits per heavy atom. The van der Waals surface area contributed by atoms with Crippen molar-refractivity contribution < 1.29 is 29.3 Å². The van der Waals surface area contributed by atoms with Crippen molar-refractivity contribution in [3.05, 3.63) is 0 Å². The van der Waals surface area contributed by atoms with E-state index in [2.05, 4.69) is 0 Å². The largest absolute Gasteiger partial charge is 0.480 e. The van der Waals surface area contributed by atoms with Crippen molar-refractivity contribution in [1.29, 1.82) is 0 Å². The van der Waals surface area contributed by atoms with Crippen molar-refractivity contribution in [2.45, 2.75) is 37.9 Å². The number of rotatable bonds is 6. The van der Waals surface area contributed by atoms with Crippen LogP contribution in [0.2, 0.25) is 0 Å². The Hall–Kier alpha value is -0.530. The number of hydrogen-bond donors (Lipinski definition) is 1. The van der Waals surface area contributed by atoms with E-state index in [1.807, 2.05) is 0 Å². The van der Waals surface area contributed by atoms with E-state index in [-0.39, 0.29) is 6.42 Å². The first-order valence-electron chi connectivity index (χ1n) is 4.34. The summed E-state index contributed by atoms with van der Waals surface area (Å²) in [5.41, 5.74) is 0. The Bertz CT molecular complexity index is 246. The molecule has 0 saturated carbocycles. The number of carboxylic acid groups (broad SMARTS) is 1. The fraction of sp³-hybridized carbons (Fsp3) is 0.857. The maximum atomic E-state index is 12.2. The van der Waals surface area contributed by atoms with E-state index in [1.165, 1.54) is 0 Å². The van der Waals surface area contributed by atoms with Gasteiger partial charge in [0.25, 0.3) is 10.2 Å². The van der Waals surface area contributed by atoms with Crippen molar-refractivity contribution in [1.82, 2.24) is 0 Å². The van der Waals surface area contributed by atoms with Gasteiger partial charge in [0, 0.05) is 0 Å². The van der Waals surface area contributed by atoms with Gasteiger partial charge in [0.15, 0.2) is 5.25 Å². The van der Waals surface area contributed by atoms with Crippen molar-refractivity contribution in [2.24, 2.45) is 0 Å². The van der Waals surface area contributed by atoms with E-state index in [9.17, 15) is 24.2 Å². The monoisotopic (exact) mass is 256 g/mol. The highest BCUT2D eigenvalue weighted by Gasteiger charge is 2.72. The summed E-state index contributed by atoms with van der Waals surface area (Å²) in [6, 6.07) is 0. The summed E-state index contributed by atoms with van der Waals surface area (Å²) in [6.45, 7) is 1.68. The van der Waals surface area contributed by atoms with Gasteiger partial charge >= 0.3 is 5.97 Å². The van der Waals surface area contributed by atoms with Crippen LogP contribution in [0.1, 0.15) is 32.6 Å². The Morgan fingerprint density at radius 2 is 1.67 bits per heavy atom. The zero-order valence-electron chi connectivity index (χ0n) is 8.06. The maximum absolute atomic E-state index is 12.2. The Kier molecular flexibility index (Phi) is 3.37. The molecule has 0 heterocycles. The molecular formula is C7H13F5O2S. The lowest BCUT2D eigenvalue weighted by Crippen LogP contribution is -2.33. The molecule has 8 heteroatoms. The summed E-state index contributed by atoms with van der Waals surface area (Å²) in [5, 5.41) is 4.65. The molecule has 0 aliphatic rings. The lowest BCUT2D eigenvalue weighted by molar-refractivity contribution is -0.137. The van der Waals surface area contributed by atoms with Crippen LogP contribution in [0.15, 0.2) is 0 Å². The van der Waals surface area contributed by atoms with Gasteiger partial charge in [0.1, 0.15) is 0 Å². The van der Waals surface area contributed by atoms with E-state index in [1.54, 1.807) is 6.92 Å². The van der Waals surface area contributed by atoms with Crippen LogP contribution in [0.3, 0.4) is 0 Å². The first-order chi connectivity index (χ1) is 6.38. The topological polar surface area (TPSA) is 37.3 Å². The van der Waals surface area contributed by atoms with Crippen molar-refractivity contribution in [3.63, 3.8) is 0 Å². The number of carboxylic acids is 1. The molecule has 94 valence electrons. The van der Waals surface area contributed by atoms with Crippen LogP contribution < -0.4 is 0 Å². The molecule has 0 bridgehead atoms. The number of halogens is 5. The van der Waals surface area contributed by atoms with Crippen LogP contribution in [0.5, 0.6) is 0 Å². The Balaban J connectivity index is 4.79. The molecule has 0 aromatic carbocycles. The predicted octanol–water partition coefficient (Wildman–Crippen LogP) is 4.32. The Morgan fingerprint density at radius 1 is 1.20 bits per heavy atom. The molecule has 2 nitrogen and oxygen atoms in total. The standard InChI is InChI=1S/C7H13F5O2S/c1-2-3-4-5-6(7(13)14)15(8,9,10,11)12/h6H,2-5H2,1H3,(H,13,14). The van der Waals surface area contributed by atoms with Crippen LogP contribution in [-0.2, 0) is 4.79 Å². The second-order valence-electron chi connectivity index (χ2n) is 3.35. The zero-order valence-corrected chi connectivity index (χ0v) is 8.88. The predicted molar refractivity (Wildman–Crippen MR) is 48.7 cm³/mol. The molecule has 1 N–H and O–H groups in total. The van der Waals surface area contributed by atoms with Gasteiger partial charge in [-0.1, -0.05) is 45.6 Å². The summed E-state index contributed by atoms with van der Waals surface area (Å²) in [7, 11) is -9.90. The second kappa shape index (κ2) is 3.50. The van der Waals surface area contributed by atoms with Gasteiger partial charge in [0.2, 0.25) is 0 Å². The molecule has 1 atom stereocenters. The maximum Gasteiger partial charge on any atom is 0.326 e. The number of unbranched alkanes of at least 4 members (excludes halogenated alkanes) is 2. The molecule has 0 aliphatic heterocycles.